The van der Waals surface area contributed by atoms with Gasteiger partial charge < -0.3 is 18.9 Å². The summed E-state index contributed by atoms with van der Waals surface area (Å²) < 4.78 is 21.1. The van der Waals surface area contributed by atoms with Crippen LogP contribution in [-0.4, -0.2) is 34.7 Å². The topological polar surface area (TPSA) is 54.0 Å². The summed E-state index contributed by atoms with van der Waals surface area (Å²) in [6.07, 6.45) is 0.702. The Hall–Kier alpha value is -2.66. The number of rotatable bonds is 7. The average molecular weight is 363 g/mol. The summed E-state index contributed by atoms with van der Waals surface area (Å²) in [4.78, 5) is 11.7. The van der Waals surface area contributed by atoms with Crippen LogP contribution < -0.4 is 18.9 Å². The number of benzene rings is 2. The van der Waals surface area contributed by atoms with Crippen LogP contribution in [0.2, 0.25) is 0 Å². The predicted molar refractivity (Wildman–Crippen MR) is 97.8 cm³/mol. The van der Waals surface area contributed by atoms with E-state index in [2.05, 4.69) is 0 Å². The van der Waals surface area contributed by atoms with Gasteiger partial charge in [0.15, 0.2) is 17.8 Å². The second-order valence-corrected chi connectivity index (χ2v) is 5.37. The number of halogens is 1. The fourth-order valence-corrected chi connectivity index (χ4v) is 2.66. The molecule has 0 saturated carbocycles. The molecule has 0 aromatic heterocycles. The van der Waals surface area contributed by atoms with E-state index in [1.165, 1.54) is 21.3 Å². The Balaban J connectivity index is 2.60. The highest BCUT2D eigenvalue weighted by Gasteiger charge is 2.17. The van der Waals surface area contributed by atoms with Gasteiger partial charge in [0.05, 0.1) is 33.5 Å². The van der Waals surface area contributed by atoms with Crippen LogP contribution >= 0.6 is 11.6 Å². The van der Waals surface area contributed by atoms with Crippen molar-refractivity contribution < 1.29 is 23.7 Å². The molecule has 6 heteroatoms. The standard InChI is InChI=1S/C19H19ClO5/c1-22-14-7-5-12(6-8-14)18(20)15(11-21)13-9-16(23-2)19(25-4)17(10-13)24-3/h5-11H,1-4H3. The third kappa shape index (κ3) is 3.88. The maximum Gasteiger partial charge on any atom is 0.203 e. The molecule has 0 fully saturated rings. The lowest BCUT2D eigenvalue weighted by Gasteiger charge is -2.15. The third-order valence-corrected chi connectivity index (χ3v) is 4.10. The van der Waals surface area contributed by atoms with Gasteiger partial charge in [-0.25, -0.2) is 0 Å². The second-order valence-electron chi connectivity index (χ2n) is 4.99. The minimum absolute atomic E-state index is 0.311. The molecule has 0 amide bonds. The van der Waals surface area contributed by atoms with Crippen molar-refractivity contribution in [1.82, 2.24) is 0 Å². The Morgan fingerprint density at radius 1 is 0.840 bits per heavy atom. The molecule has 0 bridgehead atoms. The van der Waals surface area contributed by atoms with Crippen molar-refractivity contribution in [3.63, 3.8) is 0 Å². The van der Waals surface area contributed by atoms with Gasteiger partial charge in [-0.15, -0.1) is 0 Å². The van der Waals surface area contributed by atoms with Gasteiger partial charge in [-0.2, -0.15) is 0 Å². The lowest BCUT2D eigenvalue weighted by Crippen LogP contribution is -1.98. The van der Waals surface area contributed by atoms with Crippen LogP contribution in [0.15, 0.2) is 36.4 Å². The van der Waals surface area contributed by atoms with Crippen molar-refractivity contribution in [2.24, 2.45) is 0 Å². The summed E-state index contributed by atoms with van der Waals surface area (Å²) in [6.45, 7) is 0. The molecule has 0 atom stereocenters. The number of aldehydes is 1. The molecule has 2 aromatic rings. The van der Waals surface area contributed by atoms with E-state index in [9.17, 15) is 4.79 Å². The lowest BCUT2D eigenvalue weighted by atomic mass is 10.0. The lowest BCUT2D eigenvalue weighted by molar-refractivity contribution is -0.103. The van der Waals surface area contributed by atoms with Crippen LogP contribution in [-0.2, 0) is 4.79 Å². The average Bonchev–Trinajstić information content (AvgIpc) is 2.67. The van der Waals surface area contributed by atoms with E-state index in [0.717, 1.165) is 0 Å². The Morgan fingerprint density at radius 2 is 1.40 bits per heavy atom. The predicted octanol–water partition coefficient (Wildman–Crippen LogP) is 4.03. The molecule has 0 spiro atoms. The minimum Gasteiger partial charge on any atom is -0.497 e. The fraction of sp³-hybridized carbons (Fsp3) is 0.211. The molecule has 0 aliphatic carbocycles. The number of allylic oxidation sites excluding steroid dienone is 1. The quantitative estimate of drug-likeness (QED) is 0.423. The number of ether oxygens (including phenoxy) is 4. The van der Waals surface area contributed by atoms with Gasteiger partial charge in [0, 0.05) is 5.57 Å². The number of methoxy groups -OCH3 is 4. The first-order valence-corrected chi connectivity index (χ1v) is 7.77. The van der Waals surface area contributed by atoms with Crippen molar-refractivity contribution in [3.8, 4) is 23.0 Å². The van der Waals surface area contributed by atoms with Crippen molar-refractivity contribution >= 4 is 28.5 Å². The zero-order valence-electron chi connectivity index (χ0n) is 14.5. The first-order valence-electron chi connectivity index (χ1n) is 7.39. The highest BCUT2D eigenvalue weighted by atomic mass is 35.5. The van der Waals surface area contributed by atoms with E-state index < -0.39 is 0 Å². The number of carbonyl (C=O) groups excluding carboxylic acids is 1. The van der Waals surface area contributed by atoms with E-state index in [1.54, 1.807) is 43.5 Å². The van der Waals surface area contributed by atoms with Gasteiger partial charge in [0.1, 0.15) is 5.75 Å². The van der Waals surface area contributed by atoms with Gasteiger partial charge in [0.25, 0.3) is 0 Å². The summed E-state index contributed by atoms with van der Waals surface area (Å²) >= 11 is 6.46. The Morgan fingerprint density at radius 3 is 1.80 bits per heavy atom. The third-order valence-electron chi connectivity index (χ3n) is 3.67. The molecule has 2 aromatic carbocycles. The van der Waals surface area contributed by atoms with E-state index in [-0.39, 0.29) is 0 Å². The highest BCUT2D eigenvalue weighted by Crippen LogP contribution is 2.41. The molecule has 0 unspecified atom stereocenters. The summed E-state index contributed by atoms with van der Waals surface area (Å²) in [5, 5.41) is 0.312. The number of hydrogen-bond acceptors (Lipinski definition) is 5. The number of carbonyl (C=O) groups is 1. The maximum absolute atomic E-state index is 11.7. The van der Waals surface area contributed by atoms with Crippen LogP contribution in [0.4, 0.5) is 0 Å². The first kappa shape index (κ1) is 18.7. The van der Waals surface area contributed by atoms with E-state index in [4.69, 9.17) is 30.5 Å². The van der Waals surface area contributed by atoms with Crippen LogP contribution in [0.5, 0.6) is 23.0 Å². The van der Waals surface area contributed by atoms with Crippen molar-refractivity contribution in [3.05, 3.63) is 47.5 Å². The van der Waals surface area contributed by atoms with E-state index in [0.29, 0.717) is 51.0 Å². The summed E-state index contributed by atoms with van der Waals surface area (Å²) in [6, 6.07) is 10.5. The van der Waals surface area contributed by atoms with Gasteiger partial charge in [-0.1, -0.05) is 11.6 Å². The Labute approximate surface area is 151 Å². The molecule has 2 rings (SSSR count). The van der Waals surface area contributed by atoms with Gasteiger partial charge in [-0.05, 0) is 47.5 Å². The zero-order chi connectivity index (χ0) is 18.4. The van der Waals surface area contributed by atoms with Crippen molar-refractivity contribution in [2.75, 3.05) is 28.4 Å². The molecular formula is C19H19ClO5. The Bertz CT molecular complexity index is 756. The first-order chi connectivity index (χ1) is 12.1. The Kier molecular flexibility index (Phi) is 6.31. The summed E-state index contributed by atoms with van der Waals surface area (Å²) in [5.41, 5.74) is 1.56. The smallest absolute Gasteiger partial charge is 0.203 e. The van der Waals surface area contributed by atoms with Crippen LogP contribution in [0.1, 0.15) is 11.1 Å². The van der Waals surface area contributed by atoms with Gasteiger partial charge >= 0.3 is 0 Å². The summed E-state index contributed by atoms with van der Waals surface area (Å²) in [7, 11) is 6.12. The van der Waals surface area contributed by atoms with Crippen molar-refractivity contribution in [1.29, 1.82) is 0 Å². The molecule has 0 N–H and O–H groups in total. The SMILES string of the molecule is COc1ccc(C(Cl)=C(C=O)c2cc(OC)c(OC)c(OC)c2)cc1. The van der Waals surface area contributed by atoms with E-state index in [1.807, 2.05) is 0 Å². The van der Waals surface area contributed by atoms with Gasteiger partial charge in [-0.3, -0.25) is 4.79 Å². The van der Waals surface area contributed by atoms with Gasteiger partial charge in [0.2, 0.25) is 5.75 Å². The van der Waals surface area contributed by atoms with Crippen LogP contribution in [0.3, 0.4) is 0 Å². The maximum atomic E-state index is 11.7. The van der Waals surface area contributed by atoms with E-state index >= 15 is 0 Å². The molecule has 0 aliphatic rings. The highest BCUT2D eigenvalue weighted by molar-refractivity contribution is 6.55. The largest absolute Gasteiger partial charge is 0.497 e. The van der Waals surface area contributed by atoms with Crippen LogP contribution in [0.25, 0.3) is 10.6 Å². The molecule has 0 aliphatic heterocycles. The molecule has 0 heterocycles. The molecule has 132 valence electrons. The van der Waals surface area contributed by atoms with Crippen molar-refractivity contribution in [2.45, 2.75) is 0 Å². The van der Waals surface area contributed by atoms with Crippen LogP contribution in [0, 0.1) is 0 Å². The molecule has 0 radical (unpaired) electrons. The molecule has 25 heavy (non-hydrogen) atoms. The minimum atomic E-state index is 0.311. The monoisotopic (exact) mass is 362 g/mol. The summed E-state index contributed by atoms with van der Waals surface area (Å²) in [5.74, 6) is 2.03. The molecule has 5 nitrogen and oxygen atoms in total. The fourth-order valence-electron chi connectivity index (χ4n) is 2.38. The number of hydrogen-bond donors (Lipinski definition) is 0. The molecular weight excluding hydrogens is 344 g/mol. The second kappa shape index (κ2) is 8.44. The normalized spacial score (nSPS) is 11.4. The molecule has 0 saturated heterocycles. The zero-order valence-corrected chi connectivity index (χ0v) is 15.2.